The molecule has 26 heavy (non-hydrogen) atoms. The van der Waals surface area contributed by atoms with E-state index < -0.39 is 0 Å². The van der Waals surface area contributed by atoms with E-state index in [9.17, 15) is 4.39 Å². The van der Waals surface area contributed by atoms with Gasteiger partial charge in [-0.2, -0.15) is 0 Å². The Kier molecular flexibility index (Phi) is 3.25. The fourth-order valence-electron chi connectivity index (χ4n) is 3.13. The summed E-state index contributed by atoms with van der Waals surface area (Å²) in [5, 5.41) is 1.07. The Morgan fingerprint density at radius 3 is 2.69 bits per heavy atom. The molecule has 124 valence electrons. The summed E-state index contributed by atoms with van der Waals surface area (Å²) in [5.41, 5.74) is 5.10. The van der Waals surface area contributed by atoms with Crippen LogP contribution in [0.3, 0.4) is 0 Å². The molecule has 0 aliphatic rings. The molecular weight excluding hydrogens is 327 g/mol. The van der Waals surface area contributed by atoms with Crippen molar-refractivity contribution in [3.8, 4) is 22.5 Å². The second kappa shape index (κ2) is 5.74. The summed E-state index contributed by atoms with van der Waals surface area (Å²) < 4.78 is 15.5. The topological polar surface area (TPSA) is 43.1 Å². The Morgan fingerprint density at radius 2 is 1.77 bits per heavy atom. The third-order valence-electron chi connectivity index (χ3n) is 4.42. The first-order chi connectivity index (χ1) is 12.8. The van der Waals surface area contributed by atoms with Crippen molar-refractivity contribution in [2.75, 3.05) is 0 Å². The maximum absolute atomic E-state index is 13.5. The van der Waals surface area contributed by atoms with Crippen LogP contribution in [0, 0.1) is 5.82 Å². The maximum Gasteiger partial charge on any atom is 0.155 e. The first-order valence-electron chi connectivity index (χ1n) is 8.22. The molecule has 0 aliphatic carbocycles. The standard InChI is InChI=1S/C21H13FN4/c22-17-5-1-3-15(10-17)19-13-26-20(11-25-21(26)12-24-19)16-6-7-18-14(9-16)4-2-8-23-18/h1-13H. The normalized spacial score (nSPS) is 11.3. The molecule has 0 amide bonds. The van der Waals surface area contributed by atoms with Gasteiger partial charge in [0.1, 0.15) is 5.82 Å². The second-order valence-electron chi connectivity index (χ2n) is 6.07. The lowest BCUT2D eigenvalue weighted by atomic mass is 10.1. The van der Waals surface area contributed by atoms with Gasteiger partial charge in [0.2, 0.25) is 0 Å². The largest absolute Gasteiger partial charge is 0.296 e. The Hall–Kier alpha value is -3.60. The zero-order valence-electron chi connectivity index (χ0n) is 13.7. The van der Waals surface area contributed by atoms with E-state index in [2.05, 4.69) is 21.0 Å². The van der Waals surface area contributed by atoms with Gasteiger partial charge in [-0.25, -0.2) is 9.37 Å². The fraction of sp³-hybridized carbons (Fsp3) is 0. The van der Waals surface area contributed by atoms with Crippen LogP contribution < -0.4 is 0 Å². The zero-order valence-corrected chi connectivity index (χ0v) is 13.7. The first-order valence-corrected chi connectivity index (χ1v) is 8.22. The van der Waals surface area contributed by atoms with E-state index >= 15 is 0 Å². The molecule has 0 fully saturated rings. The van der Waals surface area contributed by atoms with E-state index in [0.717, 1.165) is 33.4 Å². The van der Waals surface area contributed by atoms with Gasteiger partial charge in [0.15, 0.2) is 5.65 Å². The summed E-state index contributed by atoms with van der Waals surface area (Å²) >= 11 is 0. The van der Waals surface area contributed by atoms with E-state index in [0.29, 0.717) is 5.69 Å². The number of rotatable bonds is 2. The van der Waals surface area contributed by atoms with Crippen LogP contribution in [0.2, 0.25) is 0 Å². The number of imidazole rings is 1. The van der Waals surface area contributed by atoms with Crippen molar-refractivity contribution in [3.63, 3.8) is 0 Å². The van der Waals surface area contributed by atoms with Crippen molar-refractivity contribution in [1.82, 2.24) is 19.4 Å². The Labute approximate surface area is 148 Å². The number of hydrogen-bond donors (Lipinski definition) is 0. The van der Waals surface area contributed by atoms with Gasteiger partial charge in [0.05, 0.1) is 29.3 Å². The molecule has 5 aromatic rings. The fourth-order valence-corrected chi connectivity index (χ4v) is 3.13. The molecule has 3 heterocycles. The van der Waals surface area contributed by atoms with Gasteiger partial charge in [0.25, 0.3) is 0 Å². The van der Waals surface area contributed by atoms with Crippen LogP contribution in [0.4, 0.5) is 4.39 Å². The van der Waals surface area contributed by atoms with Gasteiger partial charge in [-0.3, -0.25) is 14.4 Å². The molecule has 0 atom stereocenters. The third kappa shape index (κ3) is 2.41. The molecular formula is C21H13FN4. The van der Waals surface area contributed by atoms with Crippen LogP contribution in [0.1, 0.15) is 0 Å². The van der Waals surface area contributed by atoms with E-state index in [1.807, 2.05) is 47.1 Å². The van der Waals surface area contributed by atoms with Gasteiger partial charge >= 0.3 is 0 Å². The molecule has 0 aliphatic heterocycles. The van der Waals surface area contributed by atoms with E-state index in [1.165, 1.54) is 12.1 Å². The van der Waals surface area contributed by atoms with Gasteiger partial charge < -0.3 is 0 Å². The Bertz CT molecular complexity index is 1260. The minimum absolute atomic E-state index is 0.280. The smallest absolute Gasteiger partial charge is 0.155 e. The molecule has 2 aromatic carbocycles. The van der Waals surface area contributed by atoms with Crippen LogP contribution in [0.5, 0.6) is 0 Å². The average Bonchev–Trinajstić information content (AvgIpc) is 3.11. The summed E-state index contributed by atoms with van der Waals surface area (Å²) in [6.07, 6.45) is 7.20. The second-order valence-corrected chi connectivity index (χ2v) is 6.07. The SMILES string of the molecule is Fc1cccc(-c2cn3c(-c4ccc5ncccc5c4)cnc3cn2)c1. The monoisotopic (exact) mass is 340 g/mol. The highest BCUT2D eigenvalue weighted by atomic mass is 19.1. The minimum atomic E-state index is -0.280. The number of fused-ring (bicyclic) bond motifs is 2. The van der Waals surface area contributed by atoms with Crippen LogP contribution >= 0.6 is 0 Å². The van der Waals surface area contributed by atoms with E-state index in [1.54, 1.807) is 18.5 Å². The summed E-state index contributed by atoms with van der Waals surface area (Å²) in [7, 11) is 0. The summed E-state index contributed by atoms with van der Waals surface area (Å²) in [4.78, 5) is 13.2. The predicted molar refractivity (Wildman–Crippen MR) is 99.1 cm³/mol. The van der Waals surface area contributed by atoms with Crippen LogP contribution in [0.25, 0.3) is 39.1 Å². The average molecular weight is 340 g/mol. The van der Waals surface area contributed by atoms with Crippen molar-refractivity contribution < 1.29 is 4.39 Å². The third-order valence-corrected chi connectivity index (χ3v) is 4.42. The predicted octanol–water partition coefficient (Wildman–Crippen LogP) is 4.75. The number of nitrogens with zero attached hydrogens (tertiary/aromatic N) is 4. The number of pyridine rings is 1. The molecule has 0 unspecified atom stereocenters. The molecule has 3 aromatic heterocycles. The molecule has 0 radical (unpaired) electrons. The number of aromatic nitrogens is 4. The van der Waals surface area contributed by atoms with Crippen molar-refractivity contribution in [2.24, 2.45) is 0 Å². The van der Waals surface area contributed by atoms with Crippen LogP contribution in [-0.2, 0) is 0 Å². The van der Waals surface area contributed by atoms with Crippen molar-refractivity contribution in [3.05, 3.63) is 85.2 Å². The highest BCUT2D eigenvalue weighted by Crippen LogP contribution is 2.26. The van der Waals surface area contributed by atoms with Crippen LogP contribution in [0.15, 0.2) is 79.4 Å². The lowest BCUT2D eigenvalue weighted by Gasteiger charge is -2.06. The van der Waals surface area contributed by atoms with Gasteiger partial charge in [0, 0.05) is 28.9 Å². The highest BCUT2D eigenvalue weighted by molar-refractivity contribution is 5.84. The molecule has 0 spiro atoms. The zero-order chi connectivity index (χ0) is 17.5. The Balaban J connectivity index is 1.69. The maximum atomic E-state index is 13.5. The van der Waals surface area contributed by atoms with Gasteiger partial charge in [-0.05, 0) is 30.3 Å². The van der Waals surface area contributed by atoms with E-state index in [4.69, 9.17) is 0 Å². The number of benzene rings is 2. The van der Waals surface area contributed by atoms with E-state index in [-0.39, 0.29) is 5.82 Å². The van der Waals surface area contributed by atoms with Crippen molar-refractivity contribution >= 4 is 16.6 Å². The minimum Gasteiger partial charge on any atom is -0.296 e. The Morgan fingerprint density at radius 1 is 0.808 bits per heavy atom. The highest BCUT2D eigenvalue weighted by Gasteiger charge is 2.09. The van der Waals surface area contributed by atoms with Gasteiger partial charge in [-0.1, -0.05) is 24.3 Å². The molecule has 0 bridgehead atoms. The molecule has 4 nitrogen and oxygen atoms in total. The molecule has 5 heteroatoms. The molecule has 0 saturated carbocycles. The first kappa shape index (κ1) is 14.7. The molecule has 0 saturated heterocycles. The summed E-state index contributed by atoms with van der Waals surface area (Å²) in [6, 6.07) is 16.5. The number of hydrogen-bond acceptors (Lipinski definition) is 3. The van der Waals surface area contributed by atoms with Gasteiger partial charge in [-0.15, -0.1) is 0 Å². The molecule has 5 rings (SSSR count). The van der Waals surface area contributed by atoms with Crippen molar-refractivity contribution in [1.29, 1.82) is 0 Å². The lowest BCUT2D eigenvalue weighted by Crippen LogP contribution is -1.93. The lowest BCUT2D eigenvalue weighted by molar-refractivity contribution is 0.628. The van der Waals surface area contributed by atoms with Crippen LogP contribution in [-0.4, -0.2) is 19.4 Å². The quantitative estimate of drug-likeness (QED) is 0.466. The van der Waals surface area contributed by atoms with Crippen molar-refractivity contribution in [2.45, 2.75) is 0 Å². The summed E-state index contributed by atoms with van der Waals surface area (Å²) in [6.45, 7) is 0. The summed E-state index contributed by atoms with van der Waals surface area (Å²) in [5.74, 6) is -0.280. The number of halogens is 1. The molecule has 0 N–H and O–H groups in total.